The summed E-state index contributed by atoms with van der Waals surface area (Å²) >= 11 is 6.40. The van der Waals surface area contributed by atoms with Gasteiger partial charge >= 0.3 is 5.97 Å². The number of hydrogen-bond acceptors (Lipinski definition) is 4. The highest BCUT2D eigenvalue weighted by Gasteiger charge is 2.28. The van der Waals surface area contributed by atoms with Gasteiger partial charge in [-0.3, -0.25) is 0 Å². The number of halogens is 1. The Hall–Kier alpha value is -3.12. The summed E-state index contributed by atoms with van der Waals surface area (Å²) in [6.07, 6.45) is 6.72. The zero-order chi connectivity index (χ0) is 20.7. The molecule has 1 fully saturated rings. The molecular weight excluding hydrogens is 400 g/mol. The molecule has 0 bridgehead atoms. The quantitative estimate of drug-likeness (QED) is 0.603. The van der Waals surface area contributed by atoms with E-state index in [9.17, 15) is 9.90 Å². The summed E-state index contributed by atoms with van der Waals surface area (Å²) in [5.41, 5.74) is 3.09. The van der Waals surface area contributed by atoms with Crippen LogP contribution in [0, 0.1) is 0 Å². The van der Waals surface area contributed by atoms with Crippen molar-refractivity contribution in [2.45, 2.75) is 37.6 Å². The van der Waals surface area contributed by atoms with E-state index in [1.807, 2.05) is 30.3 Å². The van der Waals surface area contributed by atoms with E-state index < -0.39 is 12.0 Å². The van der Waals surface area contributed by atoms with Crippen molar-refractivity contribution < 1.29 is 9.90 Å². The zero-order valence-electron chi connectivity index (χ0n) is 16.3. The lowest BCUT2D eigenvalue weighted by Gasteiger charge is -2.23. The normalized spacial score (nSPS) is 18.6. The summed E-state index contributed by atoms with van der Waals surface area (Å²) in [4.78, 5) is 16.2. The Kier molecular flexibility index (Phi) is 4.79. The highest BCUT2D eigenvalue weighted by Crippen LogP contribution is 2.36. The lowest BCUT2D eigenvalue weighted by Crippen LogP contribution is -2.24. The van der Waals surface area contributed by atoms with Gasteiger partial charge in [0.05, 0.1) is 0 Å². The zero-order valence-corrected chi connectivity index (χ0v) is 17.0. The molecule has 6 nitrogen and oxygen atoms in total. The van der Waals surface area contributed by atoms with Crippen LogP contribution in [0.3, 0.4) is 0 Å². The molecule has 0 radical (unpaired) electrons. The number of carbonyl (C=O) groups is 1. The first-order valence-corrected chi connectivity index (χ1v) is 10.5. The number of fused-ring (bicyclic) bond motifs is 1. The molecular formula is C23H21ClN4O2. The maximum Gasteiger partial charge on any atom is 0.352 e. The molecule has 2 aliphatic rings. The number of nitrogens with zero attached hydrogens (tertiary/aromatic N) is 3. The molecule has 3 aromatic rings. The molecule has 5 rings (SSSR count). The van der Waals surface area contributed by atoms with E-state index in [0.29, 0.717) is 22.7 Å². The molecule has 30 heavy (non-hydrogen) atoms. The predicted octanol–water partition coefficient (Wildman–Crippen LogP) is 5.24. The van der Waals surface area contributed by atoms with Gasteiger partial charge in [-0.2, -0.15) is 4.98 Å². The first-order valence-electron chi connectivity index (χ1n) is 10.1. The fourth-order valence-electron chi connectivity index (χ4n) is 4.34. The number of aromatic nitrogens is 3. The molecule has 1 atom stereocenters. The molecule has 0 saturated heterocycles. The summed E-state index contributed by atoms with van der Waals surface area (Å²) in [6.45, 7) is 0. The standard InChI is InChI=1S/C23H21ClN4O2/c24-18-8-4-3-7-17(18)20-13-19(22(29)30)25-23-26-21(27-28(20)23)16-11-9-15(10-12-16)14-5-1-2-6-14/h3-4,7-14,20H,1-2,5-6H2,(H,29,30)(H,25,26,27). The van der Waals surface area contributed by atoms with E-state index in [-0.39, 0.29) is 5.70 Å². The predicted molar refractivity (Wildman–Crippen MR) is 116 cm³/mol. The fraction of sp³-hybridized carbons (Fsp3) is 0.261. The van der Waals surface area contributed by atoms with E-state index in [0.717, 1.165) is 11.1 Å². The molecule has 0 amide bonds. The van der Waals surface area contributed by atoms with Crippen molar-refractivity contribution in [3.8, 4) is 11.4 Å². The minimum Gasteiger partial charge on any atom is -0.477 e. The van der Waals surface area contributed by atoms with Crippen LogP contribution in [0.25, 0.3) is 11.4 Å². The van der Waals surface area contributed by atoms with Gasteiger partial charge in [-0.1, -0.05) is 66.9 Å². The molecule has 0 spiro atoms. The Balaban J connectivity index is 1.52. The molecule has 1 aliphatic carbocycles. The Morgan fingerprint density at radius 3 is 2.53 bits per heavy atom. The second kappa shape index (κ2) is 7.61. The molecule has 2 heterocycles. The second-order valence-corrected chi connectivity index (χ2v) is 8.19. The highest BCUT2D eigenvalue weighted by molar-refractivity contribution is 6.31. The molecule has 1 aliphatic heterocycles. The summed E-state index contributed by atoms with van der Waals surface area (Å²) in [6, 6.07) is 15.3. The maximum absolute atomic E-state index is 11.6. The van der Waals surface area contributed by atoms with Gasteiger partial charge in [0.2, 0.25) is 5.95 Å². The lowest BCUT2D eigenvalue weighted by molar-refractivity contribution is -0.132. The van der Waals surface area contributed by atoms with Crippen LogP contribution >= 0.6 is 11.6 Å². The molecule has 1 unspecified atom stereocenters. The van der Waals surface area contributed by atoms with Crippen molar-refractivity contribution in [3.63, 3.8) is 0 Å². The third-order valence-corrected chi connectivity index (χ3v) is 6.26. The third-order valence-electron chi connectivity index (χ3n) is 5.92. The van der Waals surface area contributed by atoms with Crippen molar-refractivity contribution in [3.05, 3.63) is 76.5 Å². The monoisotopic (exact) mass is 420 g/mol. The Bertz CT molecular complexity index is 1130. The smallest absolute Gasteiger partial charge is 0.352 e. The summed E-state index contributed by atoms with van der Waals surface area (Å²) < 4.78 is 1.69. The van der Waals surface area contributed by atoms with E-state index in [1.165, 1.54) is 31.2 Å². The largest absolute Gasteiger partial charge is 0.477 e. The van der Waals surface area contributed by atoms with Crippen molar-refractivity contribution in [2.24, 2.45) is 0 Å². The van der Waals surface area contributed by atoms with Gasteiger partial charge in [0.15, 0.2) is 5.82 Å². The van der Waals surface area contributed by atoms with E-state index in [4.69, 9.17) is 11.6 Å². The number of anilines is 1. The average Bonchev–Trinajstić information content (AvgIpc) is 3.43. The van der Waals surface area contributed by atoms with Crippen LogP contribution in [0.1, 0.15) is 48.8 Å². The summed E-state index contributed by atoms with van der Waals surface area (Å²) in [5.74, 6) is 0.529. The number of benzene rings is 2. The summed E-state index contributed by atoms with van der Waals surface area (Å²) in [5, 5.41) is 17.6. The number of allylic oxidation sites excluding steroid dienone is 1. The van der Waals surface area contributed by atoms with Gasteiger partial charge in [0.1, 0.15) is 11.7 Å². The van der Waals surface area contributed by atoms with E-state index in [1.54, 1.807) is 16.8 Å². The molecule has 2 N–H and O–H groups in total. The fourth-order valence-corrected chi connectivity index (χ4v) is 4.59. The number of nitrogens with one attached hydrogen (secondary N) is 1. The van der Waals surface area contributed by atoms with Crippen molar-refractivity contribution >= 4 is 23.5 Å². The lowest BCUT2D eigenvalue weighted by atomic mass is 9.97. The van der Waals surface area contributed by atoms with Gasteiger partial charge in [0.25, 0.3) is 0 Å². The van der Waals surface area contributed by atoms with Crippen LogP contribution in [0.5, 0.6) is 0 Å². The topological polar surface area (TPSA) is 80.0 Å². The number of carboxylic acid groups (broad SMARTS) is 1. The van der Waals surface area contributed by atoms with Gasteiger partial charge in [-0.05, 0) is 42.0 Å². The Morgan fingerprint density at radius 2 is 1.83 bits per heavy atom. The van der Waals surface area contributed by atoms with Crippen molar-refractivity contribution in [1.29, 1.82) is 0 Å². The number of rotatable bonds is 4. The van der Waals surface area contributed by atoms with Crippen LogP contribution < -0.4 is 5.32 Å². The third kappa shape index (κ3) is 3.37. The first-order chi connectivity index (χ1) is 14.6. The van der Waals surface area contributed by atoms with Crippen LogP contribution in [-0.4, -0.2) is 25.8 Å². The molecule has 1 aromatic heterocycles. The SMILES string of the molecule is O=C(O)C1=CC(c2ccccc2Cl)n2nc(-c3ccc(C4CCCC4)cc3)nc2N1. The number of carboxylic acids is 1. The van der Waals surface area contributed by atoms with Gasteiger partial charge in [-0.15, -0.1) is 5.10 Å². The first kappa shape index (κ1) is 18.9. The number of hydrogen-bond donors (Lipinski definition) is 2. The van der Waals surface area contributed by atoms with E-state index in [2.05, 4.69) is 27.5 Å². The molecule has 7 heteroatoms. The molecule has 1 saturated carbocycles. The Labute approximate surface area is 179 Å². The van der Waals surface area contributed by atoms with E-state index >= 15 is 0 Å². The maximum atomic E-state index is 11.6. The van der Waals surface area contributed by atoms with Gasteiger partial charge in [0, 0.05) is 10.6 Å². The van der Waals surface area contributed by atoms with Crippen molar-refractivity contribution in [1.82, 2.24) is 14.8 Å². The van der Waals surface area contributed by atoms with Crippen molar-refractivity contribution in [2.75, 3.05) is 5.32 Å². The minimum atomic E-state index is -1.05. The van der Waals surface area contributed by atoms with Crippen LogP contribution in [0.15, 0.2) is 60.3 Å². The molecule has 2 aromatic carbocycles. The Morgan fingerprint density at radius 1 is 1.10 bits per heavy atom. The molecule has 152 valence electrons. The average molecular weight is 421 g/mol. The second-order valence-electron chi connectivity index (χ2n) is 7.78. The summed E-state index contributed by atoms with van der Waals surface area (Å²) in [7, 11) is 0. The van der Waals surface area contributed by atoms with Crippen LogP contribution in [-0.2, 0) is 4.79 Å². The van der Waals surface area contributed by atoms with Crippen LogP contribution in [0.2, 0.25) is 5.02 Å². The minimum absolute atomic E-state index is 0.0583. The van der Waals surface area contributed by atoms with Crippen LogP contribution in [0.4, 0.5) is 5.95 Å². The highest BCUT2D eigenvalue weighted by atomic mass is 35.5. The van der Waals surface area contributed by atoms with Gasteiger partial charge in [-0.25, -0.2) is 9.48 Å². The number of aliphatic carboxylic acids is 1. The van der Waals surface area contributed by atoms with Gasteiger partial charge < -0.3 is 10.4 Å².